The van der Waals surface area contributed by atoms with Crippen LogP contribution in [0.3, 0.4) is 0 Å². The number of anilines is 1. The molecule has 0 saturated heterocycles. The van der Waals surface area contributed by atoms with E-state index in [4.69, 9.17) is 9.47 Å². The topological polar surface area (TPSA) is 21.7 Å². The highest BCUT2D eigenvalue weighted by Crippen LogP contribution is 2.43. The summed E-state index contributed by atoms with van der Waals surface area (Å²) in [5, 5.41) is 0. The van der Waals surface area contributed by atoms with E-state index in [0.29, 0.717) is 0 Å². The summed E-state index contributed by atoms with van der Waals surface area (Å²) in [5.74, 6) is 1.73. The van der Waals surface area contributed by atoms with Crippen LogP contribution in [0.1, 0.15) is 36.1 Å². The highest BCUT2D eigenvalue weighted by Gasteiger charge is 2.35. The predicted octanol–water partition coefficient (Wildman–Crippen LogP) is 7.77. The van der Waals surface area contributed by atoms with E-state index in [0.717, 1.165) is 31.0 Å². The third-order valence-corrected chi connectivity index (χ3v) is 7.70. The van der Waals surface area contributed by atoms with E-state index in [2.05, 4.69) is 122 Å². The number of nitrogens with zero attached hydrogens (tertiary/aromatic N) is 1. The van der Waals surface area contributed by atoms with Crippen molar-refractivity contribution in [2.75, 3.05) is 32.2 Å². The average molecular weight is 490 g/mol. The fourth-order valence-corrected chi connectivity index (χ4v) is 5.48. The molecule has 0 atom stereocenters. The molecule has 5 rings (SSSR count). The van der Waals surface area contributed by atoms with Crippen molar-refractivity contribution in [3.63, 3.8) is 0 Å². The molecule has 3 heteroatoms. The van der Waals surface area contributed by atoms with Crippen molar-refractivity contribution in [3.8, 4) is 22.6 Å². The Morgan fingerprint density at radius 1 is 0.676 bits per heavy atom. The van der Waals surface area contributed by atoms with Crippen LogP contribution in [0, 0.1) is 0 Å². The van der Waals surface area contributed by atoms with Crippen molar-refractivity contribution in [2.24, 2.45) is 0 Å². The van der Waals surface area contributed by atoms with Gasteiger partial charge >= 0.3 is 0 Å². The zero-order chi connectivity index (χ0) is 25.8. The normalized spacial score (nSPS) is 13.6. The van der Waals surface area contributed by atoms with Crippen molar-refractivity contribution < 1.29 is 9.47 Å². The molecule has 0 amide bonds. The summed E-state index contributed by atoms with van der Waals surface area (Å²) in [6.45, 7) is 6.43. The van der Waals surface area contributed by atoms with Gasteiger partial charge in [0.15, 0.2) is 0 Å². The fourth-order valence-electron chi connectivity index (χ4n) is 5.48. The molecule has 0 N–H and O–H groups in total. The first-order chi connectivity index (χ1) is 18.1. The van der Waals surface area contributed by atoms with Gasteiger partial charge in [0.05, 0.1) is 14.2 Å². The van der Waals surface area contributed by atoms with Gasteiger partial charge in [-0.15, -0.1) is 0 Å². The number of methoxy groups -OCH3 is 2. The van der Waals surface area contributed by atoms with Gasteiger partial charge in [0.25, 0.3) is 0 Å². The summed E-state index contributed by atoms with van der Waals surface area (Å²) < 4.78 is 10.9. The lowest BCUT2D eigenvalue weighted by Gasteiger charge is -2.36. The summed E-state index contributed by atoms with van der Waals surface area (Å²) >= 11 is 0. The zero-order valence-corrected chi connectivity index (χ0v) is 22.2. The fraction of sp³-hybridized carbons (Fsp3) is 0.235. The van der Waals surface area contributed by atoms with Gasteiger partial charge in [0.1, 0.15) is 11.5 Å². The molecule has 0 saturated carbocycles. The van der Waals surface area contributed by atoms with E-state index in [1.165, 1.54) is 39.1 Å². The Bertz CT molecular complexity index is 1320. The minimum atomic E-state index is -0.265. The molecule has 37 heavy (non-hydrogen) atoms. The van der Waals surface area contributed by atoms with Crippen molar-refractivity contribution >= 4 is 11.8 Å². The smallest absolute Gasteiger partial charge is 0.118 e. The highest BCUT2D eigenvalue weighted by atomic mass is 16.5. The first-order valence-corrected chi connectivity index (χ1v) is 13.1. The Balaban J connectivity index is 1.51. The third kappa shape index (κ3) is 4.74. The standard InChI is InChI=1S/C34H35NO2/c1-5-35(6-2)31-15-9-25(10-16-31)26-7-8-28-24-34(22-21-27(28)23-26,29-11-17-32(36-3)18-12-29)30-13-19-33(37-4)20-14-30/h7-23H,5-6,24H2,1-4H3. The third-order valence-electron chi connectivity index (χ3n) is 7.70. The summed E-state index contributed by atoms with van der Waals surface area (Å²) in [4.78, 5) is 2.37. The first kappa shape index (κ1) is 24.7. The molecule has 0 radical (unpaired) electrons. The van der Waals surface area contributed by atoms with Crippen molar-refractivity contribution in [2.45, 2.75) is 25.7 Å². The quantitative estimate of drug-likeness (QED) is 0.252. The van der Waals surface area contributed by atoms with Crippen LogP contribution in [0.25, 0.3) is 17.2 Å². The maximum atomic E-state index is 5.43. The van der Waals surface area contributed by atoms with Gasteiger partial charge in [-0.1, -0.05) is 60.7 Å². The first-order valence-electron chi connectivity index (χ1n) is 13.1. The Morgan fingerprint density at radius 3 is 1.73 bits per heavy atom. The molecule has 3 nitrogen and oxygen atoms in total. The van der Waals surface area contributed by atoms with Crippen molar-refractivity contribution in [1.82, 2.24) is 0 Å². The van der Waals surface area contributed by atoms with Crippen LogP contribution < -0.4 is 14.4 Å². The number of benzene rings is 4. The van der Waals surface area contributed by atoms with Gasteiger partial charge < -0.3 is 14.4 Å². The second kappa shape index (κ2) is 10.6. The minimum Gasteiger partial charge on any atom is -0.497 e. The molecule has 188 valence electrons. The number of fused-ring (bicyclic) bond motifs is 1. The molecule has 0 aromatic heterocycles. The predicted molar refractivity (Wildman–Crippen MR) is 155 cm³/mol. The molecule has 0 unspecified atom stereocenters. The van der Waals surface area contributed by atoms with Crippen molar-refractivity contribution in [1.29, 1.82) is 0 Å². The summed E-state index contributed by atoms with van der Waals surface area (Å²) in [6, 6.07) is 32.8. The molecule has 0 bridgehead atoms. The molecule has 0 fully saturated rings. The minimum absolute atomic E-state index is 0.265. The lowest BCUT2D eigenvalue weighted by molar-refractivity contribution is 0.414. The van der Waals surface area contributed by atoms with E-state index in [1.54, 1.807) is 14.2 Å². The Morgan fingerprint density at radius 2 is 1.22 bits per heavy atom. The van der Waals surface area contributed by atoms with Gasteiger partial charge in [-0.2, -0.15) is 0 Å². The molecule has 4 aromatic rings. The second-order valence-electron chi connectivity index (χ2n) is 9.57. The highest BCUT2D eigenvalue weighted by molar-refractivity contribution is 5.73. The zero-order valence-electron chi connectivity index (χ0n) is 22.2. The number of allylic oxidation sites excluding steroid dienone is 1. The number of ether oxygens (including phenoxy) is 2. The molecule has 0 spiro atoms. The Labute approximate surface area is 221 Å². The van der Waals surface area contributed by atoms with Gasteiger partial charge in [0.2, 0.25) is 0 Å². The lowest BCUT2D eigenvalue weighted by atomic mass is 9.67. The van der Waals surface area contributed by atoms with Crippen LogP contribution in [-0.4, -0.2) is 27.3 Å². The average Bonchev–Trinajstić information content (AvgIpc) is 2.97. The molecule has 1 aliphatic rings. The van der Waals surface area contributed by atoms with E-state index < -0.39 is 0 Å². The monoisotopic (exact) mass is 489 g/mol. The number of hydrogen-bond donors (Lipinski definition) is 0. The lowest BCUT2D eigenvalue weighted by Crippen LogP contribution is -2.30. The summed E-state index contributed by atoms with van der Waals surface area (Å²) in [7, 11) is 3.42. The van der Waals surface area contributed by atoms with E-state index in [9.17, 15) is 0 Å². The van der Waals surface area contributed by atoms with Gasteiger partial charge in [-0.05, 0) is 96.1 Å². The molecular weight excluding hydrogens is 454 g/mol. The van der Waals surface area contributed by atoms with Gasteiger partial charge in [-0.25, -0.2) is 0 Å². The molecule has 0 heterocycles. The summed E-state index contributed by atoms with van der Waals surface area (Å²) in [6.07, 6.45) is 5.55. The van der Waals surface area contributed by atoms with Crippen LogP contribution in [0.2, 0.25) is 0 Å². The van der Waals surface area contributed by atoms with E-state index in [-0.39, 0.29) is 5.41 Å². The number of rotatable bonds is 8. The Hall–Kier alpha value is -3.98. The van der Waals surface area contributed by atoms with Crippen LogP contribution >= 0.6 is 0 Å². The number of hydrogen-bond acceptors (Lipinski definition) is 3. The molecule has 1 aliphatic carbocycles. The van der Waals surface area contributed by atoms with Crippen LogP contribution in [0.15, 0.2) is 97.1 Å². The van der Waals surface area contributed by atoms with Crippen molar-refractivity contribution in [3.05, 3.63) is 119 Å². The largest absolute Gasteiger partial charge is 0.497 e. The van der Waals surface area contributed by atoms with Crippen LogP contribution in [0.5, 0.6) is 11.5 Å². The second-order valence-corrected chi connectivity index (χ2v) is 9.57. The molecule has 4 aromatic carbocycles. The van der Waals surface area contributed by atoms with Gasteiger partial charge in [-0.3, -0.25) is 0 Å². The maximum absolute atomic E-state index is 5.43. The molecule has 0 aliphatic heterocycles. The van der Waals surface area contributed by atoms with Crippen LogP contribution in [-0.2, 0) is 11.8 Å². The van der Waals surface area contributed by atoms with E-state index in [1.807, 2.05) is 0 Å². The van der Waals surface area contributed by atoms with Gasteiger partial charge in [0, 0.05) is 24.2 Å². The van der Waals surface area contributed by atoms with E-state index >= 15 is 0 Å². The van der Waals surface area contributed by atoms with Crippen LogP contribution in [0.4, 0.5) is 5.69 Å². The molecular formula is C34H35NO2. The summed E-state index contributed by atoms with van der Waals surface area (Å²) in [5.41, 5.74) is 8.62. The maximum Gasteiger partial charge on any atom is 0.118 e. The SMILES string of the molecule is CCN(CC)c1ccc(-c2ccc3c(c2)C=CC(c2ccc(OC)cc2)(c2ccc(OC)cc2)C3)cc1. The Kier molecular flexibility index (Phi) is 7.05.